The van der Waals surface area contributed by atoms with E-state index in [0.29, 0.717) is 19.6 Å². The minimum absolute atomic E-state index is 0.172. The third-order valence-electron chi connectivity index (χ3n) is 3.41. The van der Waals surface area contributed by atoms with E-state index in [9.17, 15) is 8.42 Å². The van der Waals surface area contributed by atoms with Crippen molar-refractivity contribution in [3.63, 3.8) is 0 Å². The first-order valence-electron chi connectivity index (χ1n) is 5.93. The Morgan fingerprint density at radius 2 is 1.83 bits per heavy atom. The van der Waals surface area contributed by atoms with Crippen molar-refractivity contribution < 1.29 is 8.42 Å². The predicted octanol–water partition coefficient (Wildman–Crippen LogP) is -0.213. The first-order valence-corrected chi connectivity index (χ1v) is 7.75. The van der Waals surface area contributed by atoms with E-state index in [1.165, 1.54) is 0 Å². The van der Waals surface area contributed by atoms with Crippen LogP contribution in [-0.2, 0) is 16.4 Å². The molecule has 2 heterocycles. The highest BCUT2D eigenvalue weighted by atomic mass is 32.2. The number of aromatic nitrogens is 2. The molecule has 100 valence electrons. The van der Waals surface area contributed by atoms with Crippen LogP contribution in [0, 0.1) is 13.8 Å². The standard InChI is InChI=1S/C11H18N4O2S/c1-8-9(2)13-14-11(10(8)7-12)15-3-5-18(16,17)6-4-15/h3-7,12H2,1-2H3. The van der Waals surface area contributed by atoms with E-state index in [2.05, 4.69) is 10.2 Å². The smallest absolute Gasteiger partial charge is 0.156 e. The lowest BCUT2D eigenvalue weighted by Crippen LogP contribution is -2.41. The SMILES string of the molecule is Cc1nnc(N2CCS(=O)(=O)CC2)c(CN)c1C. The summed E-state index contributed by atoms with van der Waals surface area (Å²) in [6.45, 7) is 5.18. The van der Waals surface area contributed by atoms with Gasteiger partial charge in [0.25, 0.3) is 0 Å². The monoisotopic (exact) mass is 270 g/mol. The molecule has 0 radical (unpaired) electrons. The highest BCUT2D eigenvalue weighted by Gasteiger charge is 2.25. The normalized spacial score (nSPS) is 18.9. The number of aryl methyl sites for hydroxylation is 1. The number of anilines is 1. The van der Waals surface area contributed by atoms with Crippen LogP contribution < -0.4 is 10.6 Å². The second kappa shape index (κ2) is 4.81. The topological polar surface area (TPSA) is 89.2 Å². The van der Waals surface area contributed by atoms with Crippen LogP contribution in [-0.4, -0.2) is 43.2 Å². The lowest BCUT2D eigenvalue weighted by Gasteiger charge is -2.29. The van der Waals surface area contributed by atoms with Crippen molar-refractivity contribution in [2.75, 3.05) is 29.5 Å². The van der Waals surface area contributed by atoms with Crippen LogP contribution in [0.3, 0.4) is 0 Å². The van der Waals surface area contributed by atoms with Gasteiger partial charge in [0.05, 0.1) is 17.2 Å². The molecule has 1 aromatic heterocycles. The minimum Gasteiger partial charge on any atom is -0.353 e. The molecule has 18 heavy (non-hydrogen) atoms. The summed E-state index contributed by atoms with van der Waals surface area (Å²) >= 11 is 0. The largest absolute Gasteiger partial charge is 0.353 e. The molecular weight excluding hydrogens is 252 g/mol. The first-order chi connectivity index (χ1) is 8.44. The van der Waals surface area contributed by atoms with Gasteiger partial charge in [0.1, 0.15) is 0 Å². The lowest BCUT2D eigenvalue weighted by atomic mass is 10.1. The summed E-state index contributed by atoms with van der Waals surface area (Å²) in [5, 5.41) is 8.28. The number of nitrogens with zero attached hydrogens (tertiary/aromatic N) is 3. The molecule has 1 saturated heterocycles. The van der Waals surface area contributed by atoms with E-state index in [4.69, 9.17) is 5.73 Å². The molecule has 1 aromatic rings. The van der Waals surface area contributed by atoms with E-state index in [-0.39, 0.29) is 11.5 Å². The molecule has 0 amide bonds. The maximum absolute atomic E-state index is 11.4. The average molecular weight is 270 g/mol. The van der Waals surface area contributed by atoms with Crippen molar-refractivity contribution in [1.82, 2.24) is 10.2 Å². The lowest BCUT2D eigenvalue weighted by molar-refractivity contribution is 0.585. The summed E-state index contributed by atoms with van der Waals surface area (Å²) in [6, 6.07) is 0. The van der Waals surface area contributed by atoms with Gasteiger partial charge in [-0.25, -0.2) is 8.42 Å². The molecule has 0 bridgehead atoms. The summed E-state index contributed by atoms with van der Waals surface area (Å²) in [5.41, 5.74) is 8.63. The Bertz CT molecular complexity index is 542. The Morgan fingerprint density at radius 1 is 1.22 bits per heavy atom. The molecule has 0 saturated carbocycles. The first kappa shape index (κ1) is 13.2. The van der Waals surface area contributed by atoms with Crippen LogP contribution in [0.1, 0.15) is 16.8 Å². The summed E-state index contributed by atoms with van der Waals surface area (Å²) in [5.74, 6) is 1.08. The van der Waals surface area contributed by atoms with Crippen LogP contribution in [0.5, 0.6) is 0 Å². The minimum atomic E-state index is -2.88. The second-order valence-electron chi connectivity index (χ2n) is 4.56. The second-order valence-corrected chi connectivity index (χ2v) is 6.86. The van der Waals surface area contributed by atoms with E-state index in [0.717, 1.165) is 22.6 Å². The molecule has 0 aromatic carbocycles. The maximum Gasteiger partial charge on any atom is 0.156 e. The molecule has 1 fully saturated rings. The average Bonchev–Trinajstić information content (AvgIpc) is 2.33. The third kappa shape index (κ3) is 2.46. The molecule has 6 nitrogen and oxygen atoms in total. The van der Waals surface area contributed by atoms with Gasteiger partial charge in [-0.15, -0.1) is 5.10 Å². The zero-order chi connectivity index (χ0) is 13.3. The predicted molar refractivity (Wildman–Crippen MR) is 70.3 cm³/mol. The van der Waals surface area contributed by atoms with Crippen molar-refractivity contribution in [3.05, 3.63) is 16.8 Å². The van der Waals surface area contributed by atoms with Crippen molar-refractivity contribution in [3.8, 4) is 0 Å². The Kier molecular flexibility index (Phi) is 3.54. The number of rotatable bonds is 2. The molecule has 0 unspecified atom stereocenters. The van der Waals surface area contributed by atoms with Crippen LogP contribution >= 0.6 is 0 Å². The fourth-order valence-electron chi connectivity index (χ4n) is 2.07. The highest BCUT2D eigenvalue weighted by Crippen LogP contribution is 2.23. The number of nitrogens with two attached hydrogens (primary N) is 1. The molecule has 0 spiro atoms. The van der Waals surface area contributed by atoms with E-state index < -0.39 is 9.84 Å². The van der Waals surface area contributed by atoms with Gasteiger partial charge < -0.3 is 10.6 Å². The van der Waals surface area contributed by atoms with Crippen LogP contribution in [0.4, 0.5) is 5.82 Å². The van der Waals surface area contributed by atoms with Gasteiger partial charge in [-0.05, 0) is 19.4 Å². The summed E-state index contributed by atoms with van der Waals surface area (Å²) in [6.07, 6.45) is 0. The molecule has 1 aliphatic heterocycles. The van der Waals surface area contributed by atoms with Gasteiger partial charge in [0.2, 0.25) is 0 Å². The Hall–Kier alpha value is -1.21. The van der Waals surface area contributed by atoms with Gasteiger partial charge in [0, 0.05) is 25.2 Å². The van der Waals surface area contributed by atoms with E-state index in [1.807, 2.05) is 18.7 Å². The molecular formula is C11H18N4O2S. The van der Waals surface area contributed by atoms with Crippen LogP contribution in [0.15, 0.2) is 0 Å². The van der Waals surface area contributed by atoms with E-state index >= 15 is 0 Å². The Morgan fingerprint density at radius 3 is 2.39 bits per heavy atom. The van der Waals surface area contributed by atoms with E-state index in [1.54, 1.807) is 0 Å². The molecule has 0 aliphatic carbocycles. The van der Waals surface area contributed by atoms with Gasteiger partial charge >= 0.3 is 0 Å². The molecule has 0 atom stereocenters. The molecule has 2 N–H and O–H groups in total. The number of hydrogen-bond acceptors (Lipinski definition) is 6. The molecule has 1 aliphatic rings. The summed E-state index contributed by atoms with van der Waals surface area (Å²) in [4.78, 5) is 1.96. The summed E-state index contributed by atoms with van der Waals surface area (Å²) < 4.78 is 22.8. The van der Waals surface area contributed by atoms with Crippen molar-refractivity contribution in [2.45, 2.75) is 20.4 Å². The Balaban J connectivity index is 2.32. The van der Waals surface area contributed by atoms with Crippen molar-refractivity contribution >= 4 is 15.7 Å². The Labute approximate surface area is 107 Å². The van der Waals surface area contributed by atoms with Crippen molar-refractivity contribution in [1.29, 1.82) is 0 Å². The quantitative estimate of drug-likeness (QED) is 0.799. The molecule has 7 heteroatoms. The van der Waals surface area contributed by atoms with Crippen LogP contribution in [0.25, 0.3) is 0 Å². The van der Waals surface area contributed by atoms with Gasteiger partial charge in [-0.2, -0.15) is 5.10 Å². The van der Waals surface area contributed by atoms with Crippen LogP contribution in [0.2, 0.25) is 0 Å². The number of sulfone groups is 1. The van der Waals surface area contributed by atoms with Gasteiger partial charge in [0.15, 0.2) is 15.7 Å². The molecule has 2 rings (SSSR count). The maximum atomic E-state index is 11.4. The van der Waals surface area contributed by atoms with Gasteiger partial charge in [-0.3, -0.25) is 0 Å². The third-order valence-corrected chi connectivity index (χ3v) is 5.02. The summed E-state index contributed by atoms with van der Waals surface area (Å²) in [7, 11) is -2.88. The zero-order valence-electron chi connectivity index (χ0n) is 10.7. The fourth-order valence-corrected chi connectivity index (χ4v) is 3.27. The zero-order valence-corrected chi connectivity index (χ0v) is 11.5. The highest BCUT2D eigenvalue weighted by molar-refractivity contribution is 7.91. The number of hydrogen-bond donors (Lipinski definition) is 1. The fraction of sp³-hybridized carbons (Fsp3) is 0.636. The van der Waals surface area contributed by atoms with Gasteiger partial charge in [-0.1, -0.05) is 0 Å². The van der Waals surface area contributed by atoms with Crippen molar-refractivity contribution in [2.24, 2.45) is 5.73 Å².